The number of nitrogens with one attached hydrogen (secondary N) is 3. The van der Waals surface area contributed by atoms with Crippen LogP contribution in [0.2, 0.25) is 0 Å². The van der Waals surface area contributed by atoms with E-state index in [-0.39, 0.29) is 6.03 Å². The largest absolute Gasteiger partial charge is 0.349 e. The molecule has 1 aromatic heterocycles. The monoisotopic (exact) mass is 259 g/mol. The SMILES string of the molecule is NCc1cccc(NC(=O)NCCc2ncc[nH]2)c1. The molecule has 0 saturated carbocycles. The van der Waals surface area contributed by atoms with Crippen molar-refractivity contribution in [1.29, 1.82) is 0 Å². The molecule has 0 radical (unpaired) electrons. The van der Waals surface area contributed by atoms with Crippen LogP contribution in [0.5, 0.6) is 0 Å². The summed E-state index contributed by atoms with van der Waals surface area (Å²) < 4.78 is 0. The fourth-order valence-electron chi connectivity index (χ4n) is 1.68. The summed E-state index contributed by atoms with van der Waals surface area (Å²) in [5.74, 6) is 0.852. The molecule has 0 unspecified atom stereocenters. The molecular formula is C13H17N5O. The number of hydrogen-bond donors (Lipinski definition) is 4. The Kier molecular flexibility index (Phi) is 4.52. The van der Waals surface area contributed by atoms with Gasteiger partial charge in [0.05, 0.1) is 0 Å². The molecule has 0 aliphatic heterocycles. The number of carbonyl (C=O) groups excluding carboxylic acids is 1. The Morgan fingerprint density at radius 3 is 3.05 bits per heavy atom. The van der Waals surface area contributed by atoms with Gasteiger partial charge in [0.25, 0.3) is 0 Å². The zero-order chi connectivity index (χ0) is 13.5. The predicted molar refractivity (Wildman–Crippen MR) is 73.6 cm³/mol. The van der Waals surface area contributed by atoms with Crippen LogP contribution in [0.4, 0.5) is 10.5 Å². The average molecular weight is 259 g/mol. The number of imidazole rings is 1. The summed E-state index contributed by atoms with van der Waals surface area (Å²) in [5, 5.41) is 5.53. The molecule has 0 aliphatic carbocycles. The lowest BCUT2D eigenvalue weighted by molar-refractivity contribution is 0.252. The van der Waals surface area contributed by atoms with Gasteiger partial charge in [-0.1, -0.05) is 12.1 Å². The highest BCUT2D eigenvalue weighted by Crippen LogP contribution is 2.09. The second-order valence-corrected chi connectivity index (χ2v) is 4.07. The van der Waals surface area contributed by atoms with Gasteiger partial charge in [-0.25, -0.2) is 9.78 Å². The number of aromatic nitrogens is 2. The van der Waals surface area contributed by atoms with E-state index in [0.29, 0.717) is 19.5 Å². The van der Waals surface area contributed by atoms with Gasteiger partial charge in [-0.2, -0.15) is 0 Å². The van der Waals surface area contributed by atoms with Gasteiger partial charge < -0.3 is 21.4 Å². The van der Waals surface area contributed by atoms with Gasteiger partial charge in [-0.05, 0) is 17.7 Å². The standard InChI is InChI=1S/C13H17N5O/c14-9-10-2-1-3-11(8-10)18-13(19)17-5-4-12-15-6-7-16-12/h1-3,6-8H,4-5,9,14H2,(H,15,16)(H2,17,18,19). The molecule has 100 valence electrons. The Labute approximate surface area is 111 Å². The summed E-state index contributed by atoms with van der Waals surface area (Å²) in [6, 6.07) is 7.22. The highest BCUT2D eigenvalue weighted by Gasteiger charge is 2.02. The van der Waals surface area contributed by atoms with Crippen LogP contribution in [-0.4, -0.2) is 22.5 Å². The van der Waals surface area contributed by atoms with Crippen molar-refractivity contribution in [1.82, 2.24) is 15.3 Å². The van der Waals surface area contributed by atoms with Crippen molar-refractivity contribution < 1.29 is 4.79 Å². The average Bonchev–Trinajstić information content (AvgIpc) is 2.92. The first-order valence-electron chi connectivity index (χ1n) is 6.10. The molecule has 5 N–H and O–H groups in total. The van der Waals surface area contributed by atoms with Crippen molar-refractivity contribution in [3.05, 3.63) is 48.0 Å². The van der Waals surface area contributed by atoms with Crippen molar-refractivity contribution in [2.24, 2.45) is 5.73 Å². The molecule has 2 aromatic rings. The van der Waals surface area contributed by atoms with E-state index in [1.54, 1.807) is 12.4 Å². The summed E-state index contributed by atoms with van der Waals surface area (Å²) in [4.78, 5) is 18.7. The predicted octanol–water partition coefficient (Wildman–Crippen LogP) is 1.23. The molecule has 0 atom stereocenters. The number of nitrogens with zero attached hydrogens (tertiary/aromatic N) is 1. The summed E-state index contributed by atoms with van der Waals surface area (Å²) >= 11 is 0. The summed E-state index contributed by atoms with van der Waals surface area (Å²) in [6.07, 6.45) is 4.12. The van der Waals surface area contributed by atoms with Crippen molar-refractivity contribution in [2.75, 3.05) is 11.9 Å². The van der Waals surface area contributed by atoms with Crippen LogP contribution < -0.4 is 16.4 Å². The lowest BCUT2D eigenvalue weighted by Gasteiger charge is -2.08. The normalized spacial score (nSPS) is 10.2. The maximum atomic E-state index is 11.7. The second kappa shape index (κ2) is 6.55. The Morgan fingerprint density at radius 1 is 1.42 bits per heavy atom. The third kappa shape index (κ3) is 4.11. The molecule has 19 heavy (non-hydrogen) atoms. The van der Waals surface area contributed by atoms with Gasteiger partial charge in [0, 0.05) is 37.6 Å². The van der Waals surface area contributed by atoms with E-state index in [1.807, 2.05) is 24.3 Å². The van der Waals surface area contributed by atoms with Crippen molar-refractivity contribution in [3.63, 3.8) is 0 Å². The molecule has 6 heteroatoms. The maximum absolute atomic E-state index is 11.7. The number of hydrogen-bond acceptors (Lipinski definition) is 3. The highest BCUT2D eigenvalue weighted by molar-refractivity contribution is 5.89. The van der Waals surface area contributed by atoms with Crippen LogP contribution in [0.3, 0.4) is 0 Å². The molecular weight excluding hydrogens is 242 g/mol. The van der Waals surface area contributed by atoms with Crippen LogP contribution in [0.15, 0.2) is 36.7 Å². The van der Waals surface area contributed by atoms with E-state index in [4.69, 9.17) is 5.73 Å². The number of urea groups is 1. The Morgan fingerprint density at radius 2 is 2.32 bits per heavy atom. The fraction of sp³-hybridized carbons (Fsp3) is 0.231. The number of amides is 2. The van der Waals surface area contributed by atoms with Crippen molar-refractivity contribution >= 4 is 11.7 Å². The van der Waals surface area contributed by atoms with E-state index >= 15 is 0 Å². The zero-order valence-electron chi connectivity index (χ0n) is 10.5. The van der Waals surface area contributed by atoms with Crippen LogP contribution >= 0.6 is 0 Å². The van der Waals surface area contributed by atoms with Gasteiger partial charge >= 0.3 is 6.03 Å². The number of H-pyrrole nitrogens is 1. The first-order chi connectivity index (χ1) is 9.28. The van der Waals surface area contributed by atoms with E-state index in [1.165, 1.54) is 0 Å². The second-order valence-electron chi connectivity index (χ2n) is 4.07. The van der Waals surface area contributed by atoms with Crippen LogP contribution in [0.25, 0.3) is 0 Å². The topological polar surface area (TPSA) is 95.8 Å². The number of benzene rings is 1. The third-order valence-electron chi connectivity index (χ3n) is 2.62. The molecule has 0 aliphatic rings. The molecule has 0 saturated heterocycles. The van der Waals surface area contributed by atoms with E-state index in [9.17, 15) is 4.79 Å². The molecule has 0 spiro atoms. The lowest BCUT2D eigenvalue weighted by atomic mass is 10.2. The number of rotatable bonds is 5. The number of anilines is 1. The smallest absolute Gasteiger partial charge is 0.319 e. The first kappa shape index (κ1) is 13.1. The molecule has 0 fully saturated rings. The molecule has 1 heterocycles. The Hall–Kier alpha value is -2.34. The molecule has 1 aromatic carbocycles. The number of carbonyl (C=O) groups is 1. The minimum absolute atomic E-state index is 0.235. The van der Waals surface area contributed by atoms with Crippen LogP contribution in [-0.2, 0) is 13.0 Å². The Balaban J connectivity index is 1.77. The van der Waals surface area contributed by atoms with Crippen LogP contribution in [0, 0.1) is 0 Å². The van der Waals surface area contributed by atoms with Crippen molar-refractivity contribution in [3.8, 4) is 0 Å². The summed E-state index contributed by atoms with van der Waals surface area (Å²) in [5.41, 5.74) is 7.26. The van der Waals surface area contributed by atoms with E-state index in [2.05, 4.69) is 20.6 Å². The van der Waals surface area contributed by atoms with E-state index < -0.39 is 0 Å². The maximum Gasteiger partial charge on any atom is 0.319 e. The summed E-state index contributed by atoms with van der Waals surface area (Å²) in [7, 11) is 0. The molecule has 0 bridgehead atoms. The quantitative estimate of drug-likeness (QED) is 0.650. The zero-order valence-corrected chi connectivity index (χ0v) is 10.5. The van der Waals surface area contributed by atoms with Gasteiger partial charge in [-0.3, -0.25) is 0 Å². The van der Waals surface area contributed by atoms with Gasteiger partial charge in [0.1, 0.15) is 5.82 Å². The van der Waals surface area contributed by atoms with Gasteiger partial charge in [-0.15, -0.1) is 0 Å². The molecule has 2 rings (SSSR count). The van der Waals surface area contributed by atoms with E-state index in [0.717, 1.165) is 17.1 Å². The minimum atomic E-state index is -0.235. The fourth-order valence-corrected chi connectivity index (χ4v) is 1.68. The minimum Gasteiger partial charge on any atom is -0.349 e. The van der Waals surface area contributed by atoms with Crippen molar-refractivity contribution in [2.45, 2.75) is 13.0 Å². The third-order valence-corrected chi connectivity index (χ3v) is 2.62. The molecule has 2 amide bonds. The van der Waals surface area contributed by atoms with Gasteiger partial charge in [0.2, 0.25) is 0 Å². The van der Waals surface area contributed by atoms with Gasteiger partial charge in [0.15, 0.2) is 0 Å². The lowest BCUT2D eigenvalue weighted by Crippen LogP contribution is -2.30. The highest BCUT2D eigenvalue weighted by atomic mass is 16.2. The number of aromatic amines is 1. The first-order valence-corrected chi connectivity index (χ1v) is 6.10. The Bertz CT molecular complexity index is 524. The molecule has 6 nitrogen and oxygen atoms in total. The summed E-state index contributed by atoms with van der Waals surface area (Å²) in [6.45, 7) is 0.978. The number of nitrogens with two attached hydrogens (primary N) is 1. The van der Waals surface area contributed by atoms with Crippen LogP contribution in [0.1, 0.15) is 11.4 Å².